The second-order valence-electron chi connectivity index (χ2n) is 6.68. The van der Waals surface area contributed by atoms with E-state index in [0.29, 0.717) is 6.42 Å². The number of carbonyl (C=O) groups excluding carboxylic acids is 1. The summed E-state index contributed by atoms with van der Waals surface area (Å²) in [6.45, 7) is 4.34. The molecule has 1 amide bonds. The Labute approximate surface area is 115 Å². The largest absolute Gasteiger partial charge is 0.481 e. The summed E-state index contributed by atoms with van der Waals surface area (Å²) in [5.41, 5.74) is 0.283. The van der Waals surface area contributed by atoms with Gasteiger partial charge in [0.1, 0.15) is 0 Å². The van der Waals surface area contributed by atoms with Crippen LogP contribution in [-0.4, -0.2) is 35.0 Å². The topological polar surface area (TPSA) is 57.6 Å². The highest BCUT2D eigenvalue weighted by atomic mass is 16.4. The summed E-state index contributed by atoms with van der Waals surface area (Å²) >= 11 is 0. The van der Waals surface area contributed by atoms with Gasteiger partial charge in [-0.1, -0.05) is 13.3 Å². The van der Waals surface area contributed by atoms with Crippen LogP contribution in [0.4, 0.5) is 0 Å². The lowest BCUT2D eigenvalue weighted by Crippen LogP contribution is -2.44. The monoisotopic (exact) mass is 267 g/mol. The first kappa shape index (κ1) is 14.4. The predicted octanol–water partition coefficient (Wildman–Crippen LogP) is 2.52. The van der Waals surface area contributed by atoms with Crippen LogP contribution in [0.3, 0.4) is 0 Å². The fourth-order valence-corrected chi connectivity index (χ4v) is 3.20. The van der Waals surface area contributed by atoms with Crippen LogP contribution in [0.5, 0.6) is 0 Å². The molecule has 4 heteroatoms. The zero-order valence-electron chi connectivity index (χ0n) is 12.2. The van der Waals surface area contributed by atoms with Crippen LogP contribution < -0.4 is 0 Å². The average molecular weight is 267 g/mol. The van der Waals surface area contributed by atoms with Gasteiger partial charge in [-0.2, -0.15) is 0 Å². The smallest absolute Gasteiger partial charge is 0.306 e. The Morgan fingerprint density at radius 1 is 1.26 bits per heavy atom. The first-order valence-electron chi connectivity index (χ1n) is 7.34. The van der Waals surface area contributed by atoms with Crippen molar-refractivity contribution in [3.63, 3.8) is 0 Å². The van der Waals surface area contributed by atoms with Crippen molar-refractivity contribution in [3.8, 4) is 0 Å². The first-order valence-corrected chi connectivity index (χ1v) is 7.34. The van der Waals surface area contributed by atoms with Gasteiger partial charge in [-0.25, -0.2) is 0 Å². The van der Waals surface area contributed by atoms with E-state index >= 15 is 0 Å². The van der Waals surface area contributed by atoms with Crippen molar-refractivity contribution < 1.29 is 14.7 Å². The summed E-state index contributed by atoms with van der Waals surface area (Å²) in [6.07, 6.45) is 5.31. The lowest BCUT2D eigenvalue weighted by atomic mass is 9.80. The zero-order chi connectivity index (χ0) is 14.2. The standard InChI is InChI=1S/C15H25NO3/c1-10(15(2)7-8-15)16(3)13(17)11-5-4-6-12(9-11)14(18)19/h10-12H,4-9H2,1-3H3,(H,18,19). The second kappa shape index (κ2) is 5.14. The van der Waals surface area contributed by atoms with E-state index in [9.17, 15) is 9.59 Å². The molecule has 0 aromatic rings. The molecular formula is C15H25NO3. The van der Waals surface area contributed by atoms with E-state index in [-0.39, 0.29) is 29.2 Å². The molecule has 19 heavy (non-hydrogen) atoms. The molecule has 3 unspecified atom stereocenters. The Morgan fingerprint density at radius 2 is 1.84 bits per heavy atom. The molecule has 4 nitrogen and oxygen atoms in total. The van der Waals surface area contributed by atoms with E-state index < -0.39 is 5.97 Å². The van der Waals surface area contributed by atoms with Crippen LogP contribution in [-0.2, 0) is 9.59 Å². The van der Waals surface area contributed by atoms with Gasteiger partial charge >= 0.3 is 5.97 Å². The number of rotatable bonds is 4. The van der Waals surface area contributed by atoms with Gasteiger partial charge in [-0.3, -0.25) is 9.59 Å². The molecule has 0 radical (unpaired) electrons. The number of aliphatic carboxylic acids is 1. The SMILES string of the molecule is CC(N(C)C(=O)C1CCCC(C(=O)O)C1)C1(C)CC1. The van der Waals surface area contributed by atoms with E-state index in [2.05, 4.69) is 13.8 Å². The third-order valence-corrected chi connectivity index (χ3v) is 5.35. The third kappa shape index (κ3) is 2.93. The average Bonchev–Trinajstić information content (AvgIpc) is 3.15. The highest BCUT2D eigenvalue weighted by Gasteiger charge is 2.46. The summed E-state index contributed by atoms with van der Waals surface area (Å²) in [6, 6.07) is 0.255. The second-order valence-corrected chi connectivity index (χ2v) is 6.68. The molecule has 2 aliphatic carbocycles. The Balaban J connectivity index is 1.96. The first-order chi connectivity index (χ1) is 8.85. The molecule has 0 bridgehead atoms. The highest BCUT2D eigenvalue weighted by molar-refractivity contribution is 5.80. The normalized spacial score (nSPS) is 30.5. The van der Waals surface area contributed by atoms with Gasteiger partial charge in [0.2, 0.25) is 5.91 Å². The molecule has 3 atom stereocenters. The third-order valence-electron chi connectivity index (χ3n) is 5.35. The Morgan fingerprint density at radius 3 is 2.37 bits per heavy atom. The predicted molar refractivity (Wildman–Crippen MR) is 72.7 cm³/mol. The maximum Gasteiger partial charge on any atom is 0.306 e. The Hall–Kier alpha value is -1.06. The van der Waals surface area contributed by atoms with E-state index in [1.165, 1.54) is 12.8 Å². The lowest BCUT2D eigenvalue weighted by molar-refractivity contribution is -0.146. The van der Waals surface area contributed by atoms with Gasteiger partial charge in [-0.15, -0.1) is 0 Å². The number of hydrogen-bond acceptors (Lipinski definition) is 2. The maximum absolute atomic E-state index is 12.5. The minimum Gasteiger partial charge on any atom is -0.481 e. The minimum atomic E-state index is -0.748. The number of amides is 1. The highest BCUT2D eigenvalue weighted by Crippen LogP contribution is 2.49. The van der Waals surface area contributed by atoms with Crippen molar-refractivity contribution >= 4 is 11.9 Å². The summed E-state index contributed by atoms with van der Waals surface area (Å²) in [7, 11) is 1.88. The van der Waals surface area contributed by atoms with Gasteiger partial charge in [0, 0.05) is 19.0 Å². The molecule has 2 aliphatic rings. The van der Waals surface area contributed by atoms with E-state index in [4.69, 9.17) is 5.11 Å². The Kier molecular flexibility index (Phi) is 3.88. The van der Waals surface area contributed by atoms with Crippen LogP contribution in [0.15, 0.2) is 0 Å². The molecule has 1 N–H and O–H groups in total. The summed E-state index contributed by atoms with van der Waals surface area (Å²) in [4.78, 5) is 25.4. The van der Waals surface area contributed by atoms with Crippen molar-refractivity contribution in [2.45, 2.75) is 58.4 Å². The molecule has 108 valence electrons. The maximum atomic E-state index is 12.5. The molecule has 0 saturated heterocycles. The molecule has 2 saturated carbocycles. The number of carboxylic acid groups (broad SMARTS) is 1. The van der Waals surface area contributed by atoms with Crippen molar-refractivity contribution in [3.05, 3.63) is 0 Å². The van der Waals surface area contributed by atoms with Crippen LogP contribution in [0.1, 0.15) is 52.4 Å². The van der Waals surface area contributed by atoms with E-state index in [0.717, 1.165) is 19.3 Å². The fraction of sp³-hybridized carbons (Fsp3) is 0.867. The molecule has 0 aromatic carbocycles. The molecular weight excluding hydrogens is 242 g/mol. The van der Waals surface area contributed by atoms with Gasteiger partial charge < -0.3 is 10.0 Å². The number of carboxylic acids is 1. The van der Waals surface area contributed by atoms with E-state index in [1.807, 2.05) is 11.9 Å². The van der Waals surface area contributed by atoms with Crippen LogP contribution in [0.25, 0.3) is 0 Å². The molecule has 2 rings (SSSR count). The summed E-state index contributed by atoms with van der Waals surface area (Å²) in [5.74, 6) is -1.03. The number of nitrogens with zero attached hydrogens (tertiary/aromatic N) is 1. The van der Waals surface area contributed by atoms with Gasteiger partial charge in [0.05, 0.1) is 5.92 Å². The van der Waals surface area contributed by atoms with Crippen molar-refractivity contribution in [2.75, 3.05) is 7.05 Å². The van der Waals surface area contributed by atoms with Crippen molar-refractivity contribution in [2.24, 2.45) is 17.3 Å². The van der Waals surface area contributed by atoms with Gasteiger partial charge in [0.25, 0.3) is 0 Å². The quantitative estimate of drug-likeness (QED) is 0.851. The zero-order valence-corrected chi connectivity index (χ0v) is 12.2. The lowest BCUT2D eigenvalue weighted by Gasteiger charge is -2.35. The summed E-state index contributed by atoms with van der Waals surface area (Å²) < 4.78 is 0. The van der Waals surface area contributed by atoms with Crippen LogP contribution >= 0.6 is 0 Å². The molecule has 0 heterocycles. The van der Waals surface area contributed by atoms with Crippen LogP contribution in [0.2, 0.25) is 0 Å². The Bertz CT molecular complexity index is 376. The molecule has 0 aliphatic heterocycles. The number of hydrogen-bond donors (Lipinski definition) is 1. The minimum absolute atomic E-state index is 0.0929. The molecule has 0 spiro atoms. The molecule has 2 fully saturated rings. The summed E-state index contributed by atoms with van der Waals surface area (Å²) in [5, 5.41) is 9.10. The number of carbonyl (C=O) groups is 2. The molecule has 0 aromatic heterocycles. The van der Waals surface area contributed by atoms with Gasteiger partial charge in [0.15, 0.2) is 0 Å². The fourth-order valence-electron chi connectivity index (χ4n) is 3.20. The van der Waals surface area contributed by atoms with Crippen molar-refractivity contribution in [1.29, 1.82) is 0 Å². The van der Waals surface area contributed by atoms with Gasteiger partial charge in [-0.05, 0) is 44.4 Å². The van der Waals surface area contributed by atoms with E-state index in [1.54, 1.807) is 0 Å². The van der Waals surface area contributed by atoms with Crippen LogP contribution in [0, 0.1) is 17.3 Å². The van der Waals surface area contributed by atoms with Crippen molar-refractivity contribution in [1.82, 2.24) is 4.90 Å².